The first-order chi connectivity index (χ1) is 34.2. The summed E-state index contributed by atoms with van der Waals surface area (Å²) in [5, 5.41) is 63.7. The van der Waals surface area contributed by atoms with Crippen LogP contribution in [0.4, 0.5) is 0 Å². The molecule has 0 aliphatic carbocycles. The highest BCUT2D eigenvalue weighted by Crippen LogP contribution is 2.38. The van der Waals surface area contributed by atoms with Gasteiger partial charge in [-0.05, 0) is 123 Å². The number of unbranched alkanes of at least 4 members (excludes halogenated alkanes) is 8. The third-order valence-corrected chi connectivity index (χ3v) is 18.1. The van der Waals surface area contributed by atoms with E-state index in [1.807, 2.05) is 32.8 Å². The molecule has 5 rings (SSSR count). The van der Waals surface area contributed by atoms with Gasteiger partial charge in [0.25, 0.3) is 0 Å². The summed E-state index contributed by atoms with van der Waals surface area (Å²) in [5.74, 6) is -3.32. The zero-order chi connectivity index (χ0) is 52.8. The molecule has 2 fully saturated rings. The molecule has 1 amide bonds. The van der Waals surface area contributed by atoms with E-state index in [1.165, 1.54) is 54.6 Å². The fourth-order valence-electron chi connectivity index (χ4n) is 11.3. The topological polar surface area (TPSA) is 169 Å². The Morgan fingerprint density at radius 1 is 0.778 bits per heavy atom. The number of ether oxygens (including phenoxy) is 3. The van der Waals surface area contributed by atoms with Gasteiger partial charge in [0.2, 0.25) is 5.91 Å². The predicted molar refractivity (Wildman–Crippen MR) is 289 cm³/mol. The number of benzene rings is 3. The molecule has 3 aromatic rings. The van der Waals surface area contributed by atoms with Crippen molar-refractivity contribution in [3.05, 3.63) is 90.5 Å². The van der Waals surface area contributed by atoms with Crippen LogP contribution >= 0.6 is 7.92 Å². The SMILES string of the molecule is CC[C@H]1OC(=O)[C@H](C)[C@@H](O)[C@H](C)[C@@H](O[C@@H]2O[C@H](C)C[C@H](N(C)C)[C@H]2O)[C@](C)(O)C[C@@H](C)CN(C(=O)CCCCCCCCCCCc2ccccc2P(c2ccccc2)c2ccccc2)[C@H](C)[C@@H](O)[C@]1(C)O. The van der Waals surface area contributed by atoms with Crippen molar-refractivity contribution in [2.24, 2.45) is 17.8 Å². The van der Waals surface area contributed by atoms with Crippen LogP contribution in [-0.4, -0.2) is 134 Å². The van der Waals surface area contributed by atoms with Crippen molar-refractivity contribution in [1.29, 1.82) is 0 Å². The number of nitrogens with zero attached hydrogens (tertiary/aromatic N) is 2. The van der Waals surface area contributed by atoms with Crippen LogP contribution in [0.3, 0.4) is 0 Å². The van der Waals surface area contributed by atoms with Gasteiger partial charge in [0.1, 0.15) is 23.9 Å². The maximum Gasteiger partial charge on any atom is 0.311 e. The molecule has 2 aliphatic rings. The smallest absolute Gasteiger partial charge is 0.311 e. The summed E-state index contributed by atoms with van der Waals surface area (Å²) >= 11 is 0. The number of hydrogen-bond acceptors (Lipinski definition) is 11. The molecular formula is C59H91N2O10P. The van der Waals surface area contributed by atoms with Gasteiger partial charge in [0.05, 0.1) is 35.9 Å². The Bertz CT molecular complexity index is 2030. The molecule has 0 unspecified atom stereocenters. The zero-order valence-electron chi connectivity index (χ0n) is 45.2. The summed E-state index contributed by atoms with van der Waals surface area (Å²) in [6, 6.07) is 29.6. The molecule has 0 bridgehead atoms. The maximum atomic E-state index is 14.3. The molecule has 0 saturated carbocycles. The molecule has 72 heavy (non-hydrogen) atoms. The van der Waals surface area contributed by atoms with E-state index in [-0.39, 0.29) is 49.8 Å². The highest BCUT2D eigenvalue weighted by atomic mass is 31.1. The minimum atomic E-state index is -1.95. The van der Waals surface area contributed by atoms with Gasteiger partial charge in [-0.15, -0.1) is 0 Å². The third-order valence-electron chi connectivity index (χ3n) is 15.6. The van der Waals surface area contributed by atoms with E-state index in [2.05, 4.69) is 84.9 Å². The molecule has 2 aliphatic heterocycles. The monoisotopic (exact) mass is 1020 g/mol. The van der Waals surface area contributed by atoms with Crippen molar-refractivity contribution in [3.8, 4) is 0 Å². The highest BCUT2D eigenvalue weighted by molar-refractivity contribution is 7.79. The van der Waals surface area contributed by atoms with Crippen LogP contribution in [-0.2, 0) is 30.2 Å². The van der Waals surface area contributed by atoms with E-state index < -0.39 is 79.8 Å². The summed E-state index contributed by atoms with van der Waals surface area (Å²) in [6.45, 7) is 13.6. The van der Waals surface area contributed by atoms with E-state index in [1.54, 1.807) is 32.6 Å². The fraction of sp³-hybridized carbons (Fsp3) is 0.661. The minimum absolute atomic E-state index is 0.0978. The number of hydrogen-bond donors (Lipinski definition) is 5. The lowest BCUT2D eigenvalue weighted by atomic mass is 9.78. The van der Waals surface area contributed by atoms with Gasteiger partial charge in [-0.1, -0.05) is 151 Å². The van der Waals surface area contributed by atoms with Crippen LogP contribution in [0.2, 0.25) is 0 Å². The minimum Gasteiger partial charge on any atom is -0.459 e. The van der Waals surface area contributed by atoms with Gasteiger partial charge >= 0.3 is 5.97 Å². The molecule has 14 atom stereocenters. The van der Waals surface area contributed by atoms with E-state index in [0.29, 0.717) is 12.8 Å². The Hall–Kier alpha value is -3.29. The first-order valence-electron chi connectivity index (χ1n) is 27.1. The lowest BCUT2D eigenvalue weighted by Gasteiger charge is -2.46. The Morgan fingerprint density at radius 2 is 1.32 bits per heavy atom. The summed E-state index contributed by atoms with van der Waals surface area (Å²) in [6.07, 6.45) is 3.97. The van der Waals surface area contributed by atoms with Crippen LogP contribution < -0.4 is 15.9 Å². The second-order valence-electron chi connectivity index (χ2n) is 22.0. The average molecular weight is 1020 g/mol. The van der Waals surface area contributed by atoms with E-state index in [9.17, 15) is 35.1 Å². The second kappa shape index (κ2) is 28.0. The molecule has 402 valence electrons. The van der Waals surface area contributed by atoms with Gasteiger partial charge in [-0.25, -0.2) is 0 Å². The van der Waals surface area contributed by atoms with Crippen LogP contribution in [0.25, 0.3) is 0 Å². The molecule has 13 heteroatoms. The van der Waals surface area contributed by atoms with Gasteiger partial charge in [-0.3, -0.25) is 9.59 Å². The molecular weight excluding hydrogens is 928 g/mol. The van der Waals surface area contributed by atoms with E-state index in [4.69, 9.17) is 14.2 Å². The van der Waals surface area contributed by atoms with Gasteiger partial charge < -0.3 is 49.5 Å². The van der Waals surface area contributed by atoms with Crippen LogP contribution in [0.5, 0.6) is 0 Å². The molecule has 5 N–H and O–H groups in total. The second-order valence-corrected chi connectivity index (χ2v) is 24.2. The van der Waals surface area contributed by atoms with E-state index >= 15 is 0 Å². The third kappa shape index (κ3) is 15.9. The highest BCUT2D eigenvalue weighted by Gasteiger charge is 2.50. The van der Waals surface area contributed by atoms with Crippen LogP contribution in [0.1, 0.15) is 144 Å². The first kappa shape index (κ1) is 59.6. The van der Waals surface area contributed by atoms with Crippen molar-refractivity contribution < 1.29 is 49.3 Å². The van der Waals surface area contributed by atoms with Crippen molar-refractivity contribution in [2.75, 3.05) is 20.6 Å². The number of rotatable bonds is 19. The number of esters is 1. The quantitative estimate of drug-likeness (QED) is 0.0452. The molecule has 2 heterocycles. The number of aliphatic hydroxyl groups is 5. The number of amides is 1. The van der Waals surface area contributed by atoms with Gasteiger partial charge in [-0.2, -0.15) is 0 Å². The Labute approximate surface area is 433 Å². The summed E-state index contributed by atoms with van der Waals surface area (Å²) in [7, 11) is 3.10. The number of aliphatic hydroxyl groups excluding tert-OH is 3. The molecule has 3 aromatic carbocycles. The number of carbonyl (C=O) groups excluding carboxylic acids is 2. The Kier molecular flexibility index (Phi) is 23.2. The van der Waals surface area contributed by atoms with Crippen LogP contribution in [0.15, 0.2) is 84.9 Å². The van der Waals surface area contributed by atoms with Gasteiger partial charge in [0.15, 0.2) is 6.29 Å². The lowest BCUT2D eigenvalue weighted by molar-refractivity contribution is -0.299. The Balaban J connectivity index is 1.18. The zero-order valence-corrected chi connectivity index (χ0v) is 46.1. The van der Waals surface area contributed by atoms with Gasteiger partial charge in [0, 0.05) is 24.9 Å². The predicted octanol–water partition coefficient (Wildman–Crippen LogP) is 7.77. The molecule has 0 radical (unpaired) electrons. The summed E-state index contributed by atoms with van der Waals surface area (Å²) in [5.41, 5.74) is -2.17. The summed E-state index contributed by atoms with van der Waals surface area (Å²) in [4.78, 5) is 31.6. The molecule has 0 spiro atoms. The lowest BCUT2D eigenvalue weighted by Crippen LogP contribution is -2.60. The summed E-state index contributed by atoms with van der Waals surface area (Å²) < 4.78 is 18.6. The number of cyclic esters (lactones) is 1. The van der Waals surface area contributed by atoms with Crippen molar-refractivity contribution in [1.82, 2.24) is 9.80 Å². The first-order valence-corrected chi connectivity index (χ1v) is 28.5. The van der Waals surface area contributed by atoms with E-state index in [0.717, 1.165) is 38.5 Å². The normalized spacial score (nSPS) is 32.3. The fourth-order valence-corrected chi connectivity index (χ4v) is 13.8. The molecule has 0 aromatic heterocycles. The largest absolute Gasteiger partial charge is 0.459 e. The number of carbonyl (C=O) groups is 2. The standard InChI is InChI=1S/C59H91N2O10P/c1-11-50-59(8,68)54(65)44(6)61(39-40(2)38-58(7,67)55(42(4)52(63)43(5)56(66)70-50)71-57-53(64)48(60(9)10)37-41(3)69-57)51(62)36-26-18-16-14-12-13-15-17-21-29-45-30-27-28-35-49(45)72(46-31-22-19-23-32-46)47-33-24-20-25-34-47/h19-20,22-25,27-28,30-35,40-44,48,50,52-55,57,63-65,67-68H,11-18,21,26,29,36-39H2,1-10H3/t40-,41-,42+,43-,44-,48+,50-,52+,53-,54-,55-,57+,58-,59-/m1/s1. The number of aryl methyl sites for hydroxylation is 1. The number of likely N-dealkylation sites (N-methyl/N-ethyl adjacent to an activating group) is 1. The average Bonchev–Trinajstić information content (AvgIpc) is 3.35. The molecule has 12 nitrogen and oxygen atoms in total. The van der Waals surface area contributed by atoms with Crippen molar-refractivity contribution >= 4 is 35.7 Å². The molecule has 2 saturated heterocycles. The maximum absolute atomic E-state index is 14.3. The van der Waals surface area contributed by atoms with Crippen molar-refractivity contribution in [2.45, 2.75) is 211 Å². The Morgan fingerprint density at radius 3 is 1.89 bits per heavy atom. The van der Waals surface area contributed by atoms with Crippen LogP contribution in [0, 0.1) is 17.8 Å². The van der Waals surface area contributed by atoms with Crippen molar-refractivity contribution in [3.63, 3.8) is 0 Å².